The Kier molecular flexibility index (Phi) is 10.8. The first-order chi connectivity index (χ1) is 17.0. The fraction of sp³-hybridized carbons (Fsp3) is 0.708. The van der Waals surface area contributed by atoms with Crippen LogP contribution < -0.4 is 5.32 Å². The van der Waals surface area contributed by atoms with Crippen LogP contribution in [0.5, 0.6) is 0 Å². The molecule has 1 aliphatic carbocycles. The van der Waals surface area contributed by atoms with Gasteiger partial charge in [-0.1, -0.05) is 25.3 Å². The summed E-state index contributed by atoms with van der Waals surface area (Å²) >= 11 is 0. The van der Waals surface area contributed by atoms with Gasteiger partial charge in [0, 0.05) is 27.7 Å². The van der Waals surface area contributed by atoms with Crippen LogP contribution >= 0.6 is 0 Å². The molecule has 5 atom stereocenters. The molecule has 1 N–H and O–H groups in total. The van der Waals surface area contributed by atoms with E-state index >= 15 is 0 Å². The highest BCUT2D eigenvalue weighted by Gasteiger charge is 2.53. The highest BCUT2D eigenvalue weighted by molar-refractivity contribution is 5.81. The first-order valence-corrected chi connectivity index (χ1v) is 11.9. The number of hydrogen-bond donors (Lipinski definition) is 1. The average Bonchev–Trinajstić information content (AvgIpc) is 2.80. The fourth-order valence-corrected chi connectivity index (χ4v) is 4.25. The minimum Gasteiger partial charge on any atom is -0.465 e. The molecule has 36 heavy (non-hydrogen) atoms. The summed E-state index contributed by atoms with van der Waals surface area (Å²) in [5.41, 5.74) is 0. The van der Waals surface area contributed by atoms with Crippen molar-refractivity contribution in [3.63, 3.8) is 0 Å². The largest absolute Gasteiger partial charge is 0.465 e. The standard InChI is InChI=1S/C24H35NO11/c1-14(26)25-19-11-12-24(23(30)31-5,35-18-9-7-6-8-10-18)36-21(19)22(34-17(4)29)20(33-16(3)28)13-32-15(2)27/h11-12,18-22H,6-10,13H2,1-5H3,(H,25,26)/t19-,20-,21?,22-,24?/m1/s1. The van der Waals surface area contributed by atoms with Crippen LogP contribution in [0, 0.1) is 0 Å². The smallest absolute Gasteiger partial charge is 0.371 e. The lowest BCUT2D eigenvalue weighted by Crippen LogP contribution is -2.62. The molecule has 0 spiro atoms. The highest BCUT2D eigenvalue weighted by Crippen LogP contribution is 2.34. The molecular formula is C24H35NO11. The van der Waals surface area contributed by atoms with Gasteiger partial charge in [0.2, 0.25) is 5.91 Å². The number of methoxy groups -OCH3 is 1. The molecule has 12 nitrogen and oxygen atoms in total. The van der Waals surface area contributed by atoms with Crippen LogP contribution in [0.4, 0.5) is 0 Å². The molecule has 0 bridgehead atoms. The third-order valence-corrected chi connectivity index (χ3v) is 5.68. The van der Waals surface area contributed by atoms with Crippen molar-refractivity contribution in [1.82, 2.24) is 5.32 Å². The van der Waals surface area contributed by atoms with Gasteiger partial charge in [-0.05, 0) is 18.9 Å². The second kappa shape index (κ2) is 13.4. The van der Waals surface area contributed by atoms with Crippen LogP contribution in [0.3, 0.4) is 0 Å². The van der Waals surface area contributed by atoms with Crippen LogP contribution in [0.15, 0.2) is 12.2 Å². The van der Waals surface area contributed by atoms with Crippen LogP contribution in [0.2, 0.25) is 0 Å². The zero-order chi connectivity index (χ0) is 26.9. The van der Waals surface area contributed by atoms with Crippen LogP contribution in [0.25, 0.3) is 0 Å². The van der Waals surface area contributed by atoms with E-state index in [2.05, 4.69) is 5.32 Å². The Hall–Kier alpha value is -2.99. The molecule has 1 saturated carbocycles. The summed E-state index contributed by atoms with van der Waals surface area (Å²) in [7, 11) is 1.17. The van der Waals surface area contributed by atoms with Crippen molar-refractivity contribution in [3.05, 3.63) is 12.2 Å². The quantitative estimate of drug-likeness (QED) is 0.254. The molecule has 1 aliphatic heterocycles. The third kappa shape index (κ3) is 8.30. The molecule has 2 rings (SSSR count). The van der Waals surface area contributed by atoms with Gasteiger partial charge < -0.3 is 33.7 Å². The van der Waals surface area contributed by atoms with Crippen molar-refractivity contribution in [2.45, 2.75) is 96.0 Å². The maximum absolute atomic E-state index is 13.0. The van der Waals surface area contributed by atoms with Gasteiger partial charge in [-0.3, -0.25) is 19.2 Å². The minimum absolute atomic E-state index is 0.307. The first kappa shape index (κ1) is 29.2. The number of esters is 4. The van der Waals surface area contributed by atoms with Gasteiger partial charge >= 0.3 is 23.9 Å². The molecule has 2 aliphatic rings. The second-order valence-corrected chi connectivity index (χ2v) is 8.73. The number of carbonyl (C=O) groups excluding carboxylic acids is 5. The Morgan fingerprint density at radius 2 is 1.61 bits per heavy atom. The number of amides is 1. The van der Waals surface area contributed by atoms with E-state index in [9.17, 15) is 24.0 Å². The van der Waals surface area contributed by atoms with Gasteiger partial charge in [-0.25, -0.2) is 4.79 Å². The molecular weight excluding hydrogens is 478 g/mol. The summed E-state index contributed by atoms with van der Waals surface area (Å²) in [5.74, 6) is -5.50. The Morgan fingerprint density at radius 1 is 0.972 bits per heavy atom. The van der Waals surface area contributed by atoms with Crippen LogP contribution in [-0.4, -0.2) is 79.7 Å². The molecule has 12 heteroatoms. The summed E-state index contributed by atoms with van der Waals surface area (Å²) in [6.07, 6.45) is 2.75. The van der Waals surface area contributed by atoms with Crippen molar-refractivity contribution in [2.24, 2.45) is 0 Å². The maximum Gasteiger partial charge on any atom is 0.371 e. The molecule has 1 amide bonds. The zero-order valence-electron chi connectivity index (χ0n) is 21.3. The molecule has 1 fully saturated rings. The van der Waals surface area contributed by atoms with Crippen molar-refractivity contribution in [1.29, 1.82) is 0 Å². The Morgan fingerprint density at radius 3 is 2.14 bits per heavy atom. The summed E-state index contributed by atoms with van der Waals surface area (Å²) in [6, 6.07) is -0.935. The number of ether oxygens (including phenoxy) is 6. The summed E-state index contributed by atoms with van der Waals surface area (Å²) in [6.45, 7) is 4.21. The molecule has 0 aromatic carbocycles. The molecule has 2 unspecified atom stereocenters. The summed E-state index contributed by atoms with van der Waals surface area (Å²) in [5, 5.41) is 2.66. The van der Waals surface area contributed by atoms with Crippen LogP contribution in [-0.2, 0) is 52.4 Å². The number of rotatable bonds is 10. The van der Waals surface area contributed by atoms with Crippen molar-refractivity contribution >= 4 is 29.8 Å². The average molecular weight is 514 g/mol. The third-order valence-electron chi connectivity index (χ3n) is 5.68. The molecule has 0 aromatic rings. The lowest BCUT2D eigenvalue weighted by molar-refractivity contribution is -0.280. The van der Waals surface area contributed by atoms with E-state index in [1.165, 1.54) is 26.2 Å². The normalized spacial score (nSPS) is 25.7. The lowest BCUT2D eigenvalue weighted by atomic mass is 9.94. The van der Waals surface area contributed by atoms with E-state index in [4.69, 9.17) is 28.4 Å². The molecule has 0 aromatic heterocycles. The Balaban J connectivity index is 2.53. The monoisotopic (exact) mass is 513 g/mol. The van der Waals surface area contributed by atoms with Gasteiger partial charge in [0.05, 0.1) is 19.3 Å². The minimum atomic E-state index is -2.02. The highest BCUT2D eigenvalue weighted by atomic mass is 16.7. The van der Waals surface area contributed by atoms with E-state index < -0.39 is 66.5 Å². The van der Waals surface area contributed by atoms with Crippen LogP contribution in [0.1, 0.15) is 59.8 Å². The summed E-state index contributed by atoms with van der Waals surface area (Å²) < 4.78 is 33.1. The second-order valence-electron chi connectivity index (χ2n) is 8.73. The van der Waals surface area contributed by atoms with E-state index in [1.807, 2.05) is 0 Å². The van der Waals surface area contributed by atoms with E-state index in [-0.39, 0.29) is 6.10 Å². The van der Waals surface area contributed by atoms with E-state index in [0.29, 0.717) is 12.8 Å². The van der Waals surface area contributed by atoms with E-state index in [1.54, 1.807) is 0 Å². The Labute approximate surface area is 209 Å². The number of hydrogen-bond acceptors (Lipinski definition) is 11. The van der Waals surface area contributed by atoms with Gasteiger partial charge in [0.1, 0.15) is 12.7 Å². The van der Waals surface area contributed by atoms with Gasteiger partial charge in [0.25, 0.3) is 5.79 Å². The Bertz CT molecular complexity index is 851. The molecule has 0 saturated heterocycles. The van der Waals surface area contributed by atoms with Gasteiger partial charge in [-0.15, -0.1) is 0 Å². The van der Waals surface area contributed by atoms with Crippen molar-refractivity contribution < 1.29 is 52.4 Å². The SMILES string of the molecule is COC(=O)C1(OC2CCCCC2)C=C[C@@H](NC(C)=O)C([C@H](OC(C)=O)[C@@H](COC(C)=O)OC(C)=O)O1. The molecule has 202 valence electrons. The predicted molar refractivity (Wildman–Crippen MR) is 122 cm³/mol. The van der Waals surface area contributed by atoms with E-state index in [0.717, 1.165) is 40.0 Å². The first-order valence-electron chi connectivity index (χ1n) is 11.9. The molecule has 0 radical (unpaired) electrons. The number of carbonyl (C=O) groups is 5. The van der Waals surface area contributed by atoms with Gasteiger partial charge in [0.15, 0.2) is 12.2 Å². The number of nitrogens with one attached hydrogen (secondary N) is 1. The lowest BCUT2D eigenvalue weighted by Gasteiger charge is -2.44. The van der Waals surface area contributed by atoms with Crippen molar-refractivity contribution in [3.8, 4) is 0 Å². The molecule has 1 heterocycles. The summed E-state index contributed by atoms with van der Waals surface area (Å²) in [4.78, 5) is 60.3. The topological polar surface area (TPSA) is 153 Å². The predicted octanol–water partition coefficient (Wildman–Crippen LogP) is 1.09. The zero-order valence-corrected chi connectivity index (χ0v) is 21.3. The van der Waals surface area contributed by atoms with Crippen molar-refractivity contribution in [2.75, 3.05) is 13.7 Å². The maximum atomic E-state index is 13.0. The fourth-order valence-electron chi connectivity index (χ4n) is 4.25. The van der Waals surface area contributed by atoms with Gasteiger partial charge in [-0.2, -0.15) is 0 Å².